The molecule has 0 amide bonds. The summed E-state index contributed by atoms with van der Waals surface area (Å²) in [7, 11) is 0. The molecule has 2 aromatic heterocycles. The molecule has 1 unspecified atom stereocenters. The molecule has 1 aliphatic heterocycles. The van der Waals surface area contributed by atoms with Gasteiger partial charge < -0.3 is 15.2 Å². The summed E-state index contributed by atoms with van der Waals surface area (Å²) in [5.74, 6) is 0.479. The van der Waals surface area contributed by atoms with Crippen molar-refractivity contribution in [1.29, 1.82) is 5.26 Å². The fourth-order valence-electron chi connectivity index (χ4n) is 3.43. The maximum atomic E-state index is 13.7. The van der Waals surface area contributed by atoms with Gasteiger partial charge in [-0.1, -0.05) is 0 Å². The lowest BCUT2D eigenvalue weighted by Crippen LogP contribution is -2.44. The highest BCUT2D eigenvalue weighted by Crippen LogP contribution is 2.26. The van der Waals surface area contributed by atoms with E-state index in [4.69, 9.17) is 11.0 Å². The molecule has 7 heteroatoms. The maximum absolute atomic E-state index is 13.7. The van der Waals surface area contributed by atoms with E-state index in [0.717, 1.165) is 43.1 Å². The molecule has 1 saturated heterocycles. The molecule has 1 aliphatic rings. The number of imidazole rings is 1. The molecule has 0 spiro atoms. The van der Waals surface area contributed by atoms with Gasteiger partial charge in [0.15, 0.2) is 0 Å². The molecule has 132 valence electrons. The van der Waals surface area contributed by atoms with E-state index in [1.807, 2.05) is 10.6 Å². The van der Waals surface area contributed by atoms with Crippen molar-refractivity contribution in [2.45, 2.75) is 25.4 Å². The minimum Gasteiger partial charge on any atom is -0.341 e. The van der Waals surface area contributed by atoms with Gasteiger partial charge in [-0.15, -0.1) is 0 Å². The van der Waals surface area contributed by atoms with Crippen molar-refractivity contribution in [2.24, 2.45) is 5.73 Å². The molecule has 0 radical (unpaired) electrons. The Morgan fingerprint density at radius 3 is 2.92 bits per heavy atom. The first-order valence-corrected chi connectivity index (χ1v) is 8.65. The van der Waals surface area contributed by atoms with Gasteiger partial charge in [-0.3, -0.25) is 4.98 Å². The second kappa shape index (κ2) is 6.73. The van der Waals surface area contributed by atoms with E-state index in [9.17, 15) is 4.39 Å². The molecule has 0 aliphatic carbocycles. The van der Waals surface area contributed by atoms with Crippen LogP contribution in [0.25, 0.3) is 11.0 Å². The standard InChI is InChI=1S/C19H19FN6/c20-14-4-6-18-17(8-14)24-19(25-7-1-2-15(22)11-25)26(18)12-16-5-3-13(9-21)10-23-16/h3-6,8,10,15H,1-2,7,11-12,22H2. The van der Waals surface area contributed by atoms with E-state index in [-0.39, 0.29) is 11.9 Å². The first-order chi connectivity index (χ1) is 12.6. The van der Waals surface area contributed by atoms with E-state index in [1.165, 1.54) is 12.1 Å². The highest BCUT2D eigenvalue weighted by molar-refractivity contribution is 5.79. The minimum absolute atomic E-state index is 0.113. The van der Waals surface area contributed by atoms with Crippen LogP contribution in [0, 0.1) is 17.1 Å². The average molecular weight is 350 g/mol. The van der Waals surface area contributed by atoms with E-state index in [1.54, 1.807) is 18.3 Å². The molecule has 26 heavy (non-hydrogen) atoms. The average Bonchev–Trinajstić information content (AvgIpc) is 3.00. The number of nitrogens with zero attached hydrogens (tertiary/aromatic N) is 5. The van der Waals surface area contributed by atoms with Gasteiger partial charge >= 0.3 is 0 Å². The van der Waals surface area contributed by atoms with Crippen LogP contribution in [-0.2, 0) is 6.54 Å². The van der Waals surface area contributed by atoms with Crippen LogP contribution < -0.4 is 10.6 Å². The Hall–Kier alpha value is -2.98. The number of hydrogen-bond acceptors (Lipinski definition) is 5. The third-order valence-corrected chi connectivity index (χ3v) is 4.70. The quantitative estimate of drug-likeness (QED) is 0.784. The van der Waals surface area contributed by atoms with Crippen LogP contribution in [0.5, 0.6) is 0 Å². The Morgan fingerprint density at radius 1 is 1.31 bits per heavy atom. The summed E-state index contributed by atoms with van der Waals surface area (Å²) in [6.07, 6.45) is 3.57. The van der Waals surface area contributed by atoms with Gasteiger partial charge in [0.05, 0.1) is 28.8 Å². The predicted molar refractivity (Wildman–Crippen MR) is 97.2 cm³/mol. The van der Waals surface area contributed by atoms with Crippen molar-refractivity contribution in [1.82, 2.24) is 14.5 Å². The molecular formula is C19H19FN6. The van der Waals surface area contributed by atoms with Crippen LogP contribution in [0.15, 0.2) is 36.5 Å². The van der Waals surface area contributed by atoms with E-state index in [0.29, 0.717) is 17.6 Å². The molecule has 3 heterocycles. The Bertz CT molecular complexity index is 972. The lowest BCUT2D eigenvalue weighted by atomic mass is 10.1. The second-order valence-corrected chi connectivity index (χ2v) is 6.63. The lowest BCUT2D eigenvalue weighted by molar-refractivity contribution is 0.495. The van der Waals surface area contributed by atoms with Crippen molar-refractivity contribution in [3.8, 4) is 6.07 Å². The van der Waals surface area contributed by atoms with Crippen LogP contribution in [0.3, 0.4) is 0 Å². The monoisotopic (exact) mass is 350 g/mol. The van der Waals surface area contributed by atoms with Crippen LogP contribution in [0.1, 0.15) is 24.1 Å². The fraction of sp³-hybridized carbons (Fsp3) is 0.316. The van der Waals surface area contributed by atoms with Crippen LogP contribution in [-0.4, -0.2) is 33.7 Å². The summed E-state index contributed by atoms with van der Waals surface area (Å²) in [6.45, 7) is 2.10. The minimum atomic E-state index is -0.305. The molecular weight excluding hydrogens is 331 g/mol. The summed E-state index contributed by atoms with van der Waals surface area (Å²) >= 11 is 0. The van der Waals surface area contributed by atoms with Crippen LogP contribution >= 0.6 is 0 Å². The van der Waals surface area contributed by atoms with Gasteiger partial charge in [0, 0.05) is 31.4 Å². The number of hydrogen-bond donors (Lipinski definition) is 1. The van der Waals surface area contributed by atoms with Gasteiger partial charge in [-0.25, -0.2) is 9.37 Å². The summed E-state index contributed by atoms with van der Waals surface area (Å²) in [4.78, 5) is 11.2. The molecule has 1 aromatic carbocycles. The molecule has 1 fully saturated rings. The van der Waals surface area contributed by atoms with Crippen LogP contribution in [0.4, 0.5) is 10.3 Å². The summed E-state index contributed by atoms with van der Waals surface area (Å²) in [6, 6.07) is 10.4. The number of nitriles is 1. The maximum Gasteiger partial charge on any atom is 0.206 e. The topological polar surface area (TPSA) is 83.8 Å². The first kappa shape index (κ1) is 16.5. The van der Waals surface area contributed by atoms with Crippen molar-refractivity contribution < 1.29 is 4.39 Å². The van der Waals surface area contributed by atoms with Gasteiger partial charge in [0.25, 0.3) is 0 Å². The molecule has 2 N–H and O–H groups in total. The largest absolute Gasteiger partial charge is 0.341 e. The number of piperidine rings is 1. The number of rotatable bonds is 3. The van der Waals surface area contributed by atoms with Gasteiger partial charge in [0.2, 0.25) is 5.95 Å². The van der Waals surface area contributed by atoms with Gasteiger partial charge in [-0.2, -0.15) is 5.26 Å². The van der Waals surface area contributed by atoms with Crippen molar-refractivity contribution in [2.75, 3.05) is 18.0 Å². The SMILES string of the molecule is N#Cc1ccc(Cn2c(N3CCCC(N)C3)nc3cc(F)ccc32)nc1. The zero-order valence-electron chi connectivity index (χ0n) is 14.3. The van der Waals surface area contributed by atoms with E-state index < -0.39 is 0 Å². The Kier molecular flexibility index (Phi) is 4.27. The number of aromatic nitrogens is 3. The number of anilines is 1. The molecule has 0 bridgehead atoms. The van der Waals surface area contributed by atoms with Gasteiger partial charge in [-0.05, 0) is 37.1 Å². The number of pyridine rings is 1. The fourth-order valence-corrected chi connectivity index (χ4v) is 3.43. The summed E-state index contributed by atoms with van der Waals surface area (Å²) < 4.78 is 15.7. The third kappa shape index (κ3) is 3.11. The summed E-state index contributed by atoms with van der Waals surface area (Å²) in [5.41, 5.74) is 8.94. The molecule has 1 atom stereocenters. The first-order valence-electron chi connectivity index (χ1n) is 8.65. The zero-order chi connectivity index (χ0) is 18.1. The smallest absolute Gasteiger partial charge is 0.206 e. The molecule has 4 rings (SSSR count). The highest BCUT2D eigenvalue weighted by Gasteiger charge is 2.23. The third-order valence-electron chi connectivity index (χ3n) is 4.70. The highest BCUT2D eigenvalue weighted by atomic mass is 19.1. The Labute approximate surface area is 150 Å². The normalized spacial score (nSPS) is 17.4. The number of fused-ring (bicyclic) bond motifs is 1. The van der Waals surface area contributed by atoms with Crippen molar-refractivity contribution in [3.05, 3.63) is 53.6 Å². The number of benzene rings is 1. The van der Waals surface area contributed by atoms with Crippen molar-refractivity contribution >= 4 is 17.0 Å². The number of nitrogens with two attached hydrogens (primary N) is 1. The van der Waals surface area contributed by atoms with E-state index >= 15 is 0 Å². The predicted octanol–water partition coefficient (Wildman–Crippen LogP) is 2.42. The Morgan fingerprint density at radius 2 is 2.19 bits per heavy atom. The molecule has 0 saturated carbocycles. The second-order valence-electron chi connectivity index (χ2n) is 6.63. The summed E-state index contributed by atoms with van der Waals surface area (Å²) in [5, 5.41) is 8.93. The zero-order valence-corrected chi connectivity index (χ0v) is 14.3. The Balaban J connectivity index is 1.77. The van der Waals surface area contributed by atoms with Crippen molar-refractivity contribution in [3.63, 3.8) is 0 Å². The van der Waals surface area contributed by atoms with Crippen LogP contribution in [0.2, 0.25) is 0 Å². The molecule has 6 nitrogen and oxygen atoms in total. The molecule has 3 aromatic rings. The number of halogens is 1. The van der Waals surface area contributed by atoms with Gasteiger partial charge in [0.1, 0.15) is 11.9 Å². The lowest BCUT2D eigenvalue weighted by Gasteiger charge is -2.32. The van der Waals surface area contributed by atoms with E-state index in [2.05, 4.69) is 20.9 Å².